The molecule has 5 nitrogen and oxygen atoms in total. The highest BCUT2D eigenvalue weighted by Gasteiger charge is 2.28. The number of nitrogens with zero attached hydrogens (tertiary/aromatic N) is 1. The lowest BCUT2D eigenvalue weighted by Gasteiger charge is -2.20. The summed E-state index contributed by atoms with van der Waals surface area (Å²) in [7, 11) is 0. The number of nitrogens with one attached hydrogen (secondary N) is 2. The lowest BCUT2D eigenvalue weighted by atomic mass is 9.95. The molecule has 0 radical (unpaired) electrons. The number of anilines is 2. The van der Waals surface area contributed by atoms with Crippen molar-refractivity contribution in [3.8, 4) is 6.07 Å². The Hall–Kier alpha value is -3.59. The average Bonchev–Trinajstić information content (AvgIpc) is 3.06. The van der Waals surface area contributed by atoms with Crippen molar-refractivity contribution in [1.82, 2.24) is 0 Å². The van der Waals surface area contributed by atoms with Crippen LogP contribution < -0.4 is 16.4 Å². The quantitative estimate of drug-likeness (QED) is 0.489. The van der Waals surface area contributed by atoms with E-state index in [0.29, 0.717) is 27.5 Å². The first-order chi connectivity index (χ1) is 14.8. The standard InChI is InChI=1S/C25H21ClN4O/c1-25(2,28)17-7-10-19(11-8-17)29-23(16-5-3-15(14-27)4-6-16)22-20-12-9-18(26)13-21(20)30-24(22)31/h3-13,29H,28H2,1-2H3,(H,30,31)/b23-22-. The number of nitriles is 1. The van der Waals surface area contributed by atoms with E-state index in [-0.39, 0.29) is 5.91 Å². The van der Waals surface area contributed by atoms with Crippen molar-refractivity contribution in [3.05, 3.63) is 94.0 Å². The van der Waals surface area contributed by atoms with Crippen LogP contribution in [0.4, 0.5) is 11.4 Å². The monoisotopic (exact) mass is 428 g/mol. The van der Waals surface area contributed by atoms with Crippen LogP contribution in [0.25, 0.3) is 11.3 Å². The van der Waals surface area contributed by atoms with E-state index in [1.807, 2.05) is 56.3 Å². The van der Waals surface area contributed by atoms with E-state index in [2.05, 4.69) is 16.7 Å². The van der Waals surface area contributed by atoms with Crippen LogP contribution in [0.2, 0.25) is 5.02 Å². The number of nitrogens with two attached hydrogens (primary N) is 1. The topological polar surface area (TPSA) is 90.9 Å². The molecule has 1 aliphatic heterocycles. The van der Waals surface area contributed by atoms with E-state index in [1.54, 1.807) is 24.3 Å². The van der Waals surface area contributed by atoms with Crippen LogP contribution in [0.3, 0.4) is 0 Å². The van der Waals surface area contributed by atoms with Gasteiger partial charge >= 0.3 is 0 Å². The van der Waals surface area contributed by atoms with Crippen molar-refractivity contribution in [2.45, 2.75) is 19.4 Å². The van der Waals surface area contributed by atoms with Crippen LogP contribution >= 0.6 is 11.6 Å². The number of amides is 1. The van der Waals surface area contributed by atoms with Gasteiger partial charge in [-0.15, -0.1) is 0 Å². The average molecular weight is 429 g/mol. The highest BCUT2D eigenvalue weighted by atomic mass is 35.5. The molecule has 154 valence electrons. The Morgan fingerprint density at radius 3 is 2.35 bits per heavy atom. The molecule has 0 aliphatic carbocycles. The smallest absolute Gasteiger partial charge is 0.258 e. The van der Waals surface area contributed by atoms with Gasteiger partial charge in [-0.2, -0.15) is 5.26 Å². The van der Waals surface area contributed by atoms with Crippen LogP contribution in [0.1, 0.15) is 36.1 Å². The van der Waals surface area contributed by atoms with Crippen LogP contribution in [-0.4, -0.2) is 5.91 Å². The number of fused-ring (bicyclic) bond motifs is 1. The number of hydrogen-bond acceptors (Lipinski definition) is 4. The van der Waals surface area contributed by atoms with E-state index in [4.69, 9.17) is 22.6 Å². The summed E-state index contributed by atoms with van der Waals surface area (Å²) in [6, 6.07) is 22.3. The van der Waals surface area contributed by atoms with Gasteiger partial charge in [-0.3, -0.25) is 4.79 Å². The highest BCUT2D eigenvalue weighted by molar-refractivity contribution is 6.38. The summed E-state index contributed by atoms with van der Waals surface area (Å²) in [5, 5.41) is 16.0. The van der Waals surface area contributed by atoms with Crippen LogP contribution in [0.15, 0.2) is 66.7 Å². The summed E-state index contributed by atoms with van der Waals surface area (Å²) >= 11 is 6.11. The maximum atomic E-state index is 12.9. The molecule has 3 aromatic rings. The van der Waals surface area contributed by atoms with Gasteiger partial charge in [-0.1, -0.05) is 41.9 Å². The molecule has 0 unspecified atom stereocenters. The van der Waals surface area contributed by atoms with E-state index < -0.39 is 5.54 Å². The lowest BCUT2D eigenvalue weighted by molar-refractivity contribution is -0.110. The normalized spacial score (nSPS) is 14.5. The maximum absolute atomic E-state index is 12.9. The molecule has 0 spiro atoms. The number of carbonyl (C=O) groups is 1. The molecule has 6 heteroatoms. The zero-order chi connectivity index (χ0) is 22.2. The van der Waals surface area contributed by atoms with Gasteiger partial charge in [-0.25, -0.2) is 0 Å². The molecule has 1 aliphatic rings. The second kappa shape index (κ2) is 7.92. The lowest BCUT2D eigenvalue weighted by Crippen LogP contribution is -2.28. The van der Waals surface area contributed by atoms with Crippen molar-refractivity contribution in [1.29, 1.82) is 5.26 Å². The minimum atomic E-state index is -0.448. The molecule has 0 atom stereocenters. The molecule has 0 bridgehead atoms. The Balaban J connectivity index is 1.84. The molecule has 31 heavy (non-hydrogen) atoms. The fourth-order valence-corrected chi connectivity index (χ4v) is 3.68. The van der Waals surface area contributed by atoms with Crippen molar-refractivity contribution < 1.29 is 4.79 Å². The molecule has 0 saturated heterocycles. The summed E-state index contributed by atoms with van der Waals surface area (Å²) in [4.78, 5) is 12.9. The Bertz CT molecular complexity index is 1230. The largest absolute Gasteiger partial charge is 0.354 e. The number of rotatable bonds is 4. The van der Waals surface area contributed by atoms with Gasteiger partial charge in [0.25, 0.3) is 5.91 Å². The molecule has 0 fully saturated rings. The summed E-state index contributed by atoms with van der Waals surface area (Å²) in [6.45, 7) is 3.90. The molecule has 3 aromatic carbocycles. The Kier molecular flexibility index (Phi) is 5.28. The molecule has 1 heterocycles. The third kappa shape index (κ3) is 4.17. The maximum Gasteiger partial charge on any atom is 0.258 e. The summed E-state index contributed by atoms with van der Waals surface area (Å²) in [5.41, 5.74) is 11.5. The third-order valence-corrected chi connectivity index (χ3v) is 5.41. The Morgan fingerprint density at radius 1 is 1.06 bits per heavy atom. The Labute approximate surface area is 186 Å². The fraction of sp³-hybridized carbons (Fsp3) is 0.120. The SMILES string of the molecule is CC(C)(N)c1ccc(N/C(=C2\C(=O)Nc3cc(Cl)ccc32)c2ccc(C#N)cc2)cc1. The number of benzene rings is 3. The van der Waals surface area contributed by atoms with E-state index in [0.717, 1.165) is 22.4 Å². The molecule has 0 aromatic heterocycles. The number of hydrogen-bond donors (Lipinski definition) is 3. The van der Waals surface area contributed by atoms with E-state index >= 15 is 0 Å². The van der Waals surface area contributed by atoms with Crippen molar-refractivity contribution in [3.63, 3.8) is 0 Å². The van der Waals surface area contributed by atoms with Gasteiger partial charge in [-0.05, 0) is 61.4 Å². The molecule has 4 rings (SSSR count). The molecule has 0 saturated carbocycles. The highest BCUT2D eigenvalue weighted by Crippen LogP contribution is 2.39. The first-order valence-electron chi connectivity index (χ1n) is 9.79. The molecule has 1 amide bonds. The minimum absolute atomic E-state index is 0.219. The summed E-state index contributed by atoms with van der Waals surface area (Å²) in [5.74, 6) is -0.219. The molecular formula is C25H21ClN4O. The molecule has 4 N–H and O–H groups in total. The van der Waals surface area contributed by atoms with Gasteiger partial charge in [0.05, 0.1) is 28.6 Å². The summed E-state index contributed by atoms with van der Waals surface area (Å²) in [6.07, 6.45) is 0. The van der Waals surface area contributed by atoms with E-state index in [1.165, 1.54) is 0 Å². The van der Waals surface area contributed by atoms with Crippen molar-refractivity contribution in [2.75, 3.05) is 10.6 Å². The summed E-state index contributed by atoms with van der Waals surface area (Å²) < 4.78 is 0. The first-order valence-corrected chi connectivity index (χ1v) is 10.2. The number of carbonyl (C=O) groups excluding carboxylic acids is 1. The number of halogens is 1. The minimum Gasteiger partial charge on any atom is -0.354 e. The van der Waals surface area contributed by atoms with Gasteiger partial charge < -0.3 is 16.4 Å². The van der Waals surface area contributed by atoms with Gasteiger partial charge in [0.15, 0.2) is 0 Å². The van der Waals surface area contributed by atoms with Crippen LogP contribution in [0.5, 0.6) is 0 Å². The van der Waals surface area contributed by atoms with Gasteiger partial charge in [0, 0.05) is 21.8 Å². The predicted molar refractivity (Wildman–Crippen MR) is 125 cm³/mol. The van der Waals surface area contributed by atoms with Gasteiger partial charge in [0.1, 0.15) is 0 Å². The van der Waals surface area contributed by atoms with Crippen LogP contribution in [0, 0.1) is 11.3 Å². The van der Waals surface area contributed by atoms with E-state index in [9.17, 15) is 4.79 Å². The molecular weight excluding hydrogens is 408 g/mol. The zero-order valence-corrected chi connectivity index (χ0v) is 17.9. The van der Waals surface area contributed by atoms with Crippen molar-refractivity contribution in [2.24, 2.45) is 5.73 Å². The second-order valence-corrected chi connectivity index (χ2v) is 8.44. The second-order valence-electron chi connectivity index (χ2n) is 8.01. The fourth-order valence-electron chi connectivity index (χ4n) is 3.51. The van der Waals surface area contributed by atoms with Gasteiger partial charge in [0.2, 0.25) is 0 Å². The zero-order valence-electron chi connectivity index (χ0n) is 17.2. The predicted octanol–water partition coefficient (Wildman–Crippen LogP) is 5.34. The third-order valence-electron chi connectivity index (χ3n) is 5.18. The van der Waals surface area contributed by atoms with Crippen molar-refractivity contribution >= 4 is 40.2 Å². The first kappa shape index (κ1) is 20.7. The van der Waals surface area contributed by atoms with Crippen LogP contribution in [-0.2, 0) is 10.3 Å². The Morgan fingerprint density at radius 2 is 1.74 bits per heavy atom.